The lowest BCUT2D eigenvalue weighted by Crippen LogP contribution is -1.75. The molecule has 0 amide bonds. The van der Waals surface area contributed by atoms with E-state index < -0.39 is 0 Å². The summed E-state index contributed by atoms with van der Waals surface area (Å²) in [6, 6.07) is 0. The Balaban J connectivity index is 3.92. The molecule has 0 N–H and O–H groups in total. The summed E-state index contributed by atoms with van der Waals surface area (Å²) in [5.41, 5.74) is 0. The van der Waals surface area contributed by atoms with Crippen LogP contribution in [-0.4, -0.2) is 11.5 Å². The lowest BCUT2D eigenvalue weighted by molar-refractivity contribution is 1.95. The third-order valence-electron chi connectivity index (χ3n) is 0.767. The summed E-state index contributed by atoms with van der Waals surface area (Å²) in [4.78, 5) is 0. The molecular formula is C8H8S4. The maximum atomic E-state index is 5.09. The number of thiol groups is 2. The Morgan fingerprint density at radius 1 is 1.00 bits per heavy atom. The number of rotatable bonds is 4. The third kappa shape index (κ3) is 5.85. The van der Waals surface area contributed by atoms with Crippen LogP contribution >= 0.6 is 48.8 Å². The topological polar surface area (TPSA) is 0 Å². The van der Waals surface area contributed by atoms with E-state index in [4.69, 9.17) is 12.8 Å². The van der Waals surface area contributed by atoms with E-state index in [1.54, 1.807) is 0 Å². The molecule has 0 nitrogen and oxygen atoms in total. The van der Waals surface area contributed by atoms with Gasteiger partial charge in [-0.15, -0.1) is 61.6 Å². The van der Waals surface area contributed by atoms with Gasteiger partial charge in [0, 0.05) is 0 Å². The van der Waals surface area contributed by atoms with Crippen molar-refractivity contribution in [1.82, 2.24) is 0 Å². The van der Waals surface area contributed by atoms with Gasteiger partial charge in [-0.05, 0) is 0 Å². The molecule has 0 atom stereocenters. The Hall–Kier alpha value is 0.260. The predicted molar refractivity (Wildman–Crippen MR) is 67.6 cm³/mol. The molecule has 4 heteroatoms. The molecule has 0 aromatic carbocycles. The van der Waals surface area contributed by atoms with E-state index >= 15 is 0 Å². The van der Waals surface area contributed by atoms with Crippen molar-refractivity contribution in [2.75, 3.05) is 11.5 Å². The van der Waals surface area contributed by atoms with Crippen molar-refractivity contribution < 1.29 is 0 Å². The van der Waals surface area contributed by atoms with Gasteiger partial charge in [-0.25, -0.2) is 0 Å². The zero-order valence-corrected chi connectivity index (χ0v) is 9.70. The second-order valence-corrected chi connectivity index (χ2v) is 5.07. The van der Waals surface area contributed by atoms with Crippen LogP contribution in [0.4, 0.5) is 0 Å². The van der Waals surface area contributed by atoms with Gasteiger partial charge in [0.15, 0.2) is 0 Å². The first-order chi connectivity index (χ1) is 5.72. The standard InChI is InChI=1S/C8H8S4/c1-3-5-11-7(9)8(10)12-6-4-2/h1-2,9-10H,5-6H2/b8-7-. The van der Waals surface area contributed by atoms with Gasteiger partial charge < -0.3 is 0 Å². The highest BCUT2D eigenvalue weighted by molar-refractivity contribution is 8.21. The minimum absolute atomic E-state index is 0.611. The van der Waals surface area contributed by atoms with Crippen LogP contribution in [0.25, 0.3) is 0 Å². The molecule has 0 aromatic rings. The molecule has 0 radical (unpaired) electrons. The average Bonchev–Trinajstić information content (AvgIpc) is 2.10. The smallest absolute Gasteiger partial charge is 0.0597 e. The minimum atomic E-state index is 0.611. The van der Waals surface area contributed by atoms with Crippen molar-refractivity contribution in [3.63, 3.8) is 0 Å². The van der Waals surface area contributed by atoms with Crippen molar-refractivity contribution in [1.29, 1.82) is 0 Å². The molecule has 0 unspecified atom stereocenters. The fraction of sp³-hybridized carbons (Fsp3) is 0.250. The van der Waals surface area contributed by atoms with Crippen LogP contribution in [0.15, 0.2) is 8.47 Å². The second-order valence-electron chi connectivity index (χ2n) is 1.60. The Bertz CT molecular complexity index is 215. The van der Waals surface area contributed by atoms with Crippen LogP contribution in [0.2, 0.25) is 0 Å². The molecule has 0 aliphatic rings. The number of thioether (sulfide) groups is 2. The van der Waals surface area contributed by atoms with Crippen LogP contribution in [0, 0.1) is 24.7 Å². The average molecular weight is 232 g/mol. The second kappa shape index (κ2) is 7.89. The van der Waals surface area contributed by atoms with E-state index in [0.717, 1.165) is 8.47 Å². The molecule has 0 aromatic heterocycles. The maximum Gasteiger partial charge on any atom is 0.0597 e. The molecular weight excluding hydrogens is 224 g/mol. The van der Waals surface area contributed by atoms with Crippen LogP contribution < -0.4 is 0 Å². The van der Waals surface area contributed by atoms with Crippen molar-refractivity contribution in [3.8, 4) is 24.7 Å². The van der Waals surface area contributed by atoms with Gasteiger partial charge in [0.05, 0.1) is 20.0 Å². The van der Waals surface area contributed by atoms with E-state index in [-0.39, 0.29) is 0 Å². The molecule has 0 aliphatic carbocycles. The third-order valence-corrected chi connectivity index (χ3v) is 4.17. The molecule has 0 fully saturated rings. The van der Waals surface area contributed by atoms with Gasteiger partial charge in [-0.2, -0.15) is 0 Å². The lowest BCUT2D eigenvalue weighted by atomic mass is 10.8. The SMILES string of the molecule is C#CCS/C(S)=C(/S)SCC#C. The molecule has 0 spiro atoms. The molecule has 0 heterocycles. The Kier molecular flexibility index (Phi) is 8.06. The van der Waals surface area contributed by atoms with Gasteiger partial charge in [0.2, 0.25) is 0 Å². The minimum Gasteiger partial charge on any atom is -0.135 e. The molecule has 0 aliphatic heterocycles. The van der Waals surface area contributed by atoms with Crippen LogP contribution in [-0.2, 0) is 0 Å². The summed E-state index contributed by atoms with van der Waals surface area (Å²) in [6.45, 7) is 0. The van der Waals surface area contributed by atoms with Crippen molar-refractivity contribution in [3.05, 3.63) is 8.47 Å². The summed E-state index contributed by atoms with van der Waals surface area (Å²) < 4.78 is 1.66. The van der Waals surface area contributed by atoms with Crippen molar-refractivity contribution >= 4 is 48.8 Å². The summed E-state index contributed by atoms with van der Waals surface area (Å²) in [5.74, 6) is 6.23. The number of hydrogen-bond donors (Lipinski definition) is 2. The predicted octanol–water partition coefficient (Wildman–Crippen LogP) is 2.71. The van der Waals surface area contributed by atoms with Crippen molar-refractivity contribution in [2.45, 2.75) is 0 Å². The van der Waals surface area contributed by atoms with E-state index in [1.807, 2.05) is 0 Å². The first-order valence-corrected chi connectivity index (χ1v) is 5.83. The highest BCUT2D eigenvalue weighted by Gasteiger charge is 1.98. The largest absolute Gasteiger partial charge is 0.135 e. The molecule has 64 valence electrons. The highest BCUT2D eigenvalue weighted by atomic mass is 32.2. The molecule has 0 saturated heterocycles. The molecule has 12 heavy (non-hydrogen) atoms. The zero-order chi connectivity index (χ0) is 9.40. The first-order valence-electron chi connectivity index (χ1n) is 2.97. The zero-order valence-electron chi connectivity index (χ0n) is 6.28. The Labute approximate surface area is 93.2 Å². The first kappa shape index (κ1) is 12.3. The molecule has 0 bridgehead atoms. The summed E-state index contributed by atoms with van der Waals surface area (Å²) in [6.07, 6.45) is 10.2. The van der Waals surface area contributed by atoms with Gasteiger partial charge in [0.25, 0.3) is 0 Å². The molecule has 0 saturated carbocycles. The van der Waals surface area contributed by atoms with E-state index in [2.05, 4.69) is 37.1 Å². The fourth-order valence-corrected chi connectivity index (χ4v) is 2.16. The molecule has 0 rings (SSSR count). The van der Waals surface area contributed by atoms with E-state index in [9.17, 15) is 0 Å². The normalized spacial score (nSPS) is 11.3. The fourth-order valence-electron chi connectivity index (χ4n) is 0.344. The van der Waals surface area contributed by atoms with Crippen LogP contribution in [0.3, 0.4) is 0 Å². The van der Waals surface area contributed by atoms with Gasteiger partial charge in [-0.3, -0.25) is 0 Å². The monoisotopic (exact) mass is 232 g/mol. The number of terminal acetylenes is 2. The number of hydrogen-bond acceptors (Lipinski definition) is 4. The Morgan fingerprint density at radius 3 is 1.58 bits per heavy atom. The van der Waals surface area contributed by atoms with Crippen LogP contribution in [0.1, 0.15) is 0 Å². The summed E-state index contributed by atoms with van der Waals surface area (Å²) in [5, 5.41) is 0. The van der Waals surface area contributed by atoms with Crippen molar-refractivity contribution in [2.24, 2.45) is 0 Å². The van der Waals surface area contributed by atoms with Gasteiger partial charge >= 0.3 is 0 Å². The van der Waals surface area contributed by atoms with E-state index in [0.29, 0.717) is 11.5 Å². The lowest BCUT2D eigenvalue weighted by Gasteiger charge is -2.00. The van der Waals surface area contributed by atoms with Crippen LogP contribution in [0.5, 0.6) is 0 Å². The van der Waals surface area contributed by atoms with Gasteiger partial charge in [0.1, 0.15) is 0 Å². The Morgan fingerprint density at radius 2 is 1.33 bits per heavy atom. The highest BCUT2D eigenvalue weighted by Crippen LogP contribution is 2.32. The maximum absolute atomic E-state index is 5.09. The summed E-state index contributed by atoms with van der Waals surface area (Å²) in [7, 11) is 0. The summed E-state index contributed by atoms with van der Waals surface area (Å²) >= 11 is 11.4. The van der Waals surface area contributed by atoms with Gasteiger partial charge in [-0.1, -0.05) is 11.8 Å². The van der Waals surface area contributed by atoms with E-state index in [1.165, 1.54) is 23.5 Å². The quantitative estimate of drug-likeness (QED) is 0.565.